The lowest BCUT2D eigenvalue weighted by molar-refractivity contribution is 0.0569. The van der Waals surface area contributed by atoms with Crippen molar-refractivity contribution >= 4 is 0 Å². The van der Waals surface area contributed by atoms with Gasteiger partial charge in [-0.15, -0.1) is 0 Å². The van der Waals surface area contributed by atoms with Crippen molar-refractivity contribution < 1.29 is 0 Å². The topological polar surface area (TPSA) is 15.3 Å². The van der Waals surface area contributed by atoms with E-state index in [1.807, 2.05) is 0 Å². The Balaban J connectivity index is 1.99. The van der Waals surface area contributed by atoms with Crippen LogP contribution < -0.4 is 5.32 Å². The molecule has 2 aliphatic carbocycles. The average Bonchev–Trinajstić information content (AvgIpc) is 2.48. The fraction of sp³-hybridized carbons (Fsp3) is 1.00. The Morgan fingerprint density at radius 2 is 1.86 bits per heavy atom. The molecule has 0 amide bonds. The van der Waals surface area contributed by atoms with Gasteiger partial charge >= 0.3 is 0 Å². The summed E-state index contributed by atoms with van der Waals surface area (Å²) < 4.78 is 0. The van der Waals surface area contributed by atoms with E-state index in [9.17, 15) is 0 Å². The molecule has 2 nitrogen and oxygen atoms in total. The first kappa shape index (κ1) is 17.3. The number of likely N-dealkylation sites (N-methyl/N-ethyl adjacent to an activating group) is 2. The van der Waals surface area contributed by atoms with Crippen LogP contribution in [0.15, 0.2) is 0 Å². The van der Waals surface area contributed by atoms with Crippen molar-refractivity contribution in [2.24, 2.45) is 11.8 Å². The van der Waals surface area contributed by atoms with Gasteiger partial charge in [-0.2, -0.15) is 0 Å². The second kappa shape index (κ2) is 8.53. The lowest BCUT2D eigenvalue weighted by atomic mass is 9.78. The van der Waals surface area contributed by atoms with E-state index < -0.39 is 0 Å². The molecule has 0 heterocycles. The van der Waals surface area contributed by atoms with Gasteiger partial charge in [0.25, 0.3) is 0 Å². The van der Waals surface area contributed by atoms with Gasteiger partial charge in [0.2, 0.25) is 0 Å². The van der Waals surface area contributed by atoms with Gasteiger partial charge in [-0.3, -0.25) is 4.90 Å². The number of nitrogens with zero attached hydrogens (tertiary/aromatic N) is 1. The molecule has 2 heteroatoms. The van der Waals surface area contributed by atoms with Gasteiger partial charge in [0.1, 0.15) is 0 Å². The van der Waals surface area contributed by atoms with Crippen LogP contribution in [0.1, 0.15) is 78.6 Å². The summed E-state index contributed by atoms with van der Waals surface area (Å²) in [7, 11) is 2.42. The lowest BCUT2D eigenvalue weighted by Gasteiger charge is -2.46. The summed E-state index contributed by atoms with van der Waals surface area (Å²) in [5.74, 6) is 1.90. The minimum atomic E-state index is 0.727. The molecule has 0 spiro atoms. The molecule has 21 heavy (non-hydrogen) atoms. The molecule has 5 atom stereocenters. The van der Waals surface area contributed by atoms with E-state index in [1.165, 1.54) is 57.8 Å². The second-order valence-corrected chi connectivity index (χ2v) is 7.79. The maximum atomic E-state index is 3.79. The summed E-state index contributed by atoms with van der Waals surface area (Å²) in [6.07, 6.45) is 12.8. The standard InChI is InChI=1S/C19H38N2/c1-5-8-16-11-12-18(20-6-2)19(14-16)21(4)17-10-7-9-15(3)13-17/h15-20H,5-14H2,1-4H3. The average molecular weight is 295 g/mol. The minimum absolute atomic E-state index is 0.727. The van der Waals surface area contributed by atoms with Crippen LogP contribution in [0.3, 0.4) is 0 Å². The SMILES string of the molecule is CCCC1CCC(NCC)C(N(C)C2CCCC(C)C2)C1. The Labute approximate surface area is 133 Å². The molecule has 0 aromatic carbocycles. The van der Waals surface area contributed by atoms with Crippen LogP contribution >= 0.6 is 0 Å². The van der Waals surface area contributed by atoms with E-state index in [-0.39, 0.29) is 0 Å². The highest BCUT2D eigenvalue weighted by Gasteiger charge is 2.35. The van der Waals surface area contributed by atoms with Crippen molar-refractivity contribution in [2.75, 3.05) is 13.6 Å². The molecule has 1 N–H and O–H groups in total. The first-order valence-corrected chi connectivity index (χ1v) is 9.60. The summed E-state index contributed by atoms with van der Waals surface area (Å²) in [6, 6.07) is 2.33. The van der Waals surface area contributed by atoms with Crippen LogP contribution in [-0.2, 0) is 0 Å². The molecule has 0 bridgehead atoms. The van der Waals surface area contributed by atoms with Gasteiger partial charge in [-0.25, -0.2) is 0 Å². The Morgan fingerprint density at radius 3 is 2.52 bits per heavy atom. The number of rotatable bonds is 6. The number of hydrogen-bond acceptors (Lipinski definition) is 2. The Bertz CT molecular complexity index is 291. The number of nitrogens with one attached hydrogen (secondary N) is 1. The van der Waals surface area contributed by atoms with Crippen molar-refractivity contribution in [1.29, 1.82) is 0 Å². The van der Waals surface area contributed by atoms with E-state index >= 15 is 0 Å². The van der Waals surface area contributed by atoms with Crippen LogP contribution in [0.4, 0.5) is 0 Å². The van der Waals surface area contributed by atoms with Crippen LogP contribution in [0.5, 0.6) is 0 Å². The zero-order valence-corrected chi connectivity index (χ0v) is 14.9. The van der Waals surface area contributed by atoms with E-state index in [0.29, 0.717) is 0 Å². The highest BCUT2D eigenvalue weighted by atomic mass is 15.2. The van der Waals surface area contributed by atoms with Crippen LogP contribution in [0.2, 0.25) is 0 Å². The minimum Gasteiger partial charge on any atom is -0.313 e. The van der Waals surface area contributed by atoms with Crippen molar-refractivity contribution in [3.8, 4) is 0 Å². The normalized spacial score (nSPS) is 37.9. The largest absolute Gasteiger partial charge is 0.313 e. The van der Waals surface area contributed by atoms with Gasteiger partial charge in [-0.05, 0) is 57.5 Å². The van der Waals surface area contributed by atoms with E-state index in [1.54, 1.807) is 0 Å². The van der Waals surface area contributed by atoms with E-state index in [2.05, 4.69) is 38.0 Å². The Kier molecular flexibility index (Phi) is 7.01. The monoisotopic (exact) mass is 294 g/mol. The Morgan fingerprint density at radius 1 is 1.05 bits per heavy atom. The molecule has 2 aliphatic rings. The predicted molar refractivity (Wildman–Crippen MR) is 92.7 cm³/mol. The molecule has 0 aromatic rings. The third-order valence-electron chi connectivity index (χ3n) is 6.10. The lowest BCUT2D eigenvalue weighted by Crippen LogP contribution is -2.55. The third-order valence-corrected chi connectivity index (χ3v) is 6.10. The second-order valence-electron chi connectivity index (χ2n) is 7.79. The van der Waals surface area contributed by atoms with Gasteiger partial charge in [0.05, 0.1) is 0 Å². The van der Waals surface area contributed by atoms with Crippen molar-refractivity contribution in [2.45, 2.75) is 96.7 Å². The molecular formula is C19H38N2. The summed E-state index contributed by atoms with van der Waals surface area (Å²) in [5.41, 5.74) is 0. The molecule has 5 unspecified atom stereocenters. The highest BCUT2D eigenvalue weighted by molar-refractivity contribution is 4.93. The quantitative estimate of drug-likeness (QED) is 0.779. The molecule has 124 valence electrons. The van der Waals surface area contributed by atoms with Gasteiger partial charge < -0.3 is 5.32 Å². The molecule has 0 aromatic heterocycles. The van der Waals surface area contributed by atoms with Gasteiger partial charge in [0.15, 0.2) is 0 Å². The third kappa shape index (κ3) is 4.69. The molecule has 0 aliphatic heterocycles. The maximum Gasteiger partial charge on any atom is 0.0251 e. The van der Waals surface area contributed by atoms with Crippen molar-refractivity contribution in [3.63, 3.8) is 0 Å². The van der Waals surface area contributed by atoms with Crippen LogP contribution in [-0.4, -0.2) is 36.6 Å². The zero-order chi connectivity index (χ0) is 15.2. The predicted octanol–water partition coefficient (Wildman–Crippen LogP) is 4.44. The van der Waals surface area contributed by atoms with E-state index in [4.69, 9.17) is 0 Å². The molecule has 2 rings (SSSR count). The van der Waals surface area contributed by atoms with Gasteiger partial charge in [-0.1, -0.05) is 46.5 Å². The maximum absolute atomic E-state index is 3.79. The molecular weight excluding hydrogens is 256 g/mol. The first-order chi connectivity index (χ1) is 10.2. The summed E-state index contributed by atoms with van der Waals surface area (Å²) in [6.45, 7) is 8.17. The summed E-state index contributed by atoms with van der Waals surface area (Å²) >= 11 is 0. The van der Waals surface area contributed by atoms with Crippen molar-refractivity contribution in [3.05, 3.63) is 0 Å². The summed E-state index contributed by atoms with van der Waals surface area (Å²) in [4.78, 5) is 2.78. The fourth-order valence-corrected chi connectivity index (χ4v) is 4.89. The summed E-state index contributed by atoms with van der Waals surface area (Å²) in [5, 5.41) is 3.79. The highest BCUT2D eigenvalue weighted by Crippen LogP contribution is 2.34. The number of hydrogen-bond donors (Lipinski definition) is 1. The molecule has 2 fully saturated rings. The fourth-order valence-electron chi connectivity index (χ4n) is 4.89. The first-order valence-electron chi connectivity index (χ1n) is 9.60. The van der Waals surface area contributed by atoms with Crippen molar-refractivity contribution in [1.82, 2.24) is 10.2 Å². The van der Waals surface area contributed by atoms with Crippen LogP contribution in [0.25, 0.3) is 0 Å². The smallest absolute Gasteiger partial charge is 0.0251 e. The molecule has 2 saturated carbocycles. The van der Waals surface area contributed by atoms with Crippen LogP contribution in [0, 0.1) is 11.8 Å². The zero-order valence-electron chi connectivity index (χ0n) is 14.9. The van der Waals surface area contributed by atoms with Gasteiger partial charge in [0, 0.05) is 18.1 Å². The Hall–Kier alpha value is -0.0800. The van der Waals surface area contributed by atoms with E-state index in [0.717, 1.165) is 36.5 Å². The molecule has 0 saturated heterocycles. The molecule has 0 radical (unpaired) electrons.